The SMILES string of the molecule is COc1ccc(S(=O)(=O)NCc2csc(C)n2)cc1Br. The zero-order chi connectivity index (χ0) is 14.8. The van der Waals surface area contributed by atoms with Crippen molar-refractivity contribution in [3.63, 3.8) is 0 Å². The quantitative estimate of drug-likeness (QED) is 0.870. The van der Waals surface area contributed by atoms with Crippen molar-refractivity contribution >= 4 is 37.3 Å². The second-order valence-electron chi connectivity index (χ2n) is 3.98. The monoisotopic (exact) mass is 376 g/mol. The lowest BCUT2D eigenvalue weighted by molar-refractivity contribution is 0.411. The molecule has 0 unspecified atom stereocenters. The third kappa shape index (κ3) is 3.57. The number of aryl methyl sites for hydroxylation is 1. The molecule has 0 aliphatic rings. The number of benzene rings is 1. The molecule has 0 radical (unpaired) electrons. The number of ether oxygens (including phenoxy) is 1. The number of thiazole rings is 1. The van der Waals surface area contributed by atoms with Crippen molar-refractivity contribution < 1.29 is 13.2 Å². The Hall–Kier alpha value is -0.960. The molecule has 1 aromatic carbocycles. The van der Waals surface area contributed by atoms with E-state index in [1.165, 1.54) is 30.6 Å². The highest BCUT2D eigenvalue weighted by molar-refractivity contribution is 9.10. The summed E-state index contributed by atoms with van der Waals surface area (Å²) < 4.78 is 32.5. The van der Waals surface area contributed by atoms with Crippen LogP contribution in [0.1, 0.15) is 10.7 Å². The van der Waals surface area contributed by atoms with Crippen molar-refractivity contribution in [3.8, 4) is 5.75 Å². The summed E-state index contributed by atoms with van der Waals surface area (Å²) in [7, 11) is -2.04. The molecule has 8 heteroatoms. The van der Waals surface area contributed by atoms with Crippen LogP contribution in [0.4, 0.5) is 0 Å². The summed E-state index contributed by atoms with van der Waals surface area (Å²) >= 11 is 4.76. The largest absolute Gasteiger partial charge is 0.496 e. The lowest BCUT2D eigenvalue weighted by Gasteiger charge is -2.08. The lowest BCUT2D eigenvalue weighted by atomic mass is 10.3. The fraction of sp³-hybridized carbons (Fsp3) is 0.250. The van der Waals surface area contributed by atoms with Gasteiger partial charge in [0.05, 0.1) is 33.7 Å². The molecule has 0 aliphatic carbocycles. The number of sulfonamides is 1. The minimum atomic E-state index is -3.57. The van der Waals surface area contributed by atoms with Gasteiger partial charge in [0.1, 0.15) is 5.75 Å². The first kappa shape index (κ1) is 15.4. The van der Waals surface area contributed by atoms with Crippen LogP contribution in [0.5, 0.6) is 5.75 Å². The van der Waals surface area contributed by atoms with E-state index in [0.717, 1.165) is 5.01 Å². The zero-order valence-corrected chi connectivity index (χ0v) is 14.1. The van der Waals surface area contributed by atoms with E-state index in [0.29, 0.717) is 15.9 Å². The van der Waals surface area contributed by atoms with E-state index in [4.69, 9.17) is 4.74 Å². The van der Waals surface area contributed by atoms with Gasteiger partial charge in [-0.05, 0) is 41.1 Å². The van der Waals surface area contributed by atoms with Gasteiger partial charge in [0, 0.05) is 5.38 Å². The molecule has 108 valence electrons. The van der Waals surface area contributed by atoms with Crippen molar-refractivity contribution in [1.82, 2.24) is 9.71 Å². The van der Waals surface area contributed by atoms with Gasteiger partial charge in [0.25, 0.3) is 0 Å². The number of nitrogens with zero attached hydrogens (tertiary/aromatic N) is 1. The van der Waals surface area contributed by atoms with Crippen LogP contribution in [0.25, 0.3) is 0 Å². The maximum Gasteiger partial charge on any atom is 0.240 e. The molecule has 20 heavy (non-hydrogen) atoms. The molecule has 0 saturated heterocycles. The molecule has 0 saturated carbocycles. The van der Waals surface area contributed by atoms with Crippen LogP contribution >= 0.6 is 27.3 Å². The second-order valence-corrected chi connectivity index (χ2v) is 7.66. The molecule has 2 aromatic rings. The number of hydrogen-bond acceptors (Lipinski definition) is 5. The first-order valence-electron chi connectivity index (χ1n) is 5.66. The molecule has 0 spiro atoms. The number of nitrogens with one attached hydrogen (secondary N) is 1. The lowest BCUT2D eigenvalue weighted by Crippen LogP contribution is -2.23. The van der Waals surface area contributed by atoms with Crippen LogP contribution in [-0.4, -0.2) is 20.5 Å². The summed E-state index contributed by atoms with van der Waals surface area (Å²) in [6.45, 7) is 2.06. The number of rotatable bonds is 5. The van der Waals surface area contributed by atoms with E-state index >= 15 is 0 Å². The minimum Gasteiger partial charge on any atom is -0.496 e. The molecule has 0 bridgehead atoms. The van der Waals surface area contributed by atoms with Gasteiger partial charge in [0.15, 0.2) is 0 Å². The molecule has 0 amide bonds. The van der Waals surface area contributed by atoms with Crippen molar-refractivity contribution in [2.45, 2.75) is 18.4 Å². The maximum absolute atomic E-state index is 12.2. The van der Waals surface area contributed by atoms with Gasteiger partial charge in [-0.2, -0.15) is 0 Å². The molecule has 5 nitrogen and oxygen atoms in total. The Labute approximate surface area is 130 Å². The molecule has 2 rings (SSSR count). The maximum atomic E-state index is 12.2. The minimum absolute atomic E-state index is 0.177. The zero-order valence-electron chi connectivity index (χ0n) is 10.9. The Morgan fingerprint density at radius 2 is 2.20 bits per heavy atom. The van der Waals surface area contributed by atoms with Crippen molar-refractivity contribution in [1.29, 1.82) is 0 Å². The Kier molecular flexibility index (Phi) is 4.79. The normalized spacial score (nSPS) is 11.6. The van der Waals surface area contributed by atoms with E-state index in [-0.39, 0.29) is 11.4 Å². The third-order valence-electron chi connectivity index (χ3n) is 2.54. The molecule has 1 heterocycles. The first-order chi connectivity index (χ1) is 9.42. The Bertz CT molecular complexity index is 713. The Morgan fingerprint density at radius 1 is 1.45 bits per heavy atom. The standard InChI is InChI=1S/C12H13BrN2O3S2/c1-8-15-9(7-19-8)6-14-20(16,17)10-3-4-12(18-2)11(13)5-10/h3-5,7,14H,6H2,1-2H3. The van der Waals surface area contributed by atoms with Gasteiger partial charge in [-0.15, -0.1) is 11.3 Å². The van der Waals surface area contributed by atoms with Gasteiger partial charge in [0.2, 0.25) is 10.0 Å². The number of halogens is 1. The van der Waals surface area contributed by atoms with Crippen LogP contribution < -0.4 is 9.46 Å². The highest BCUT2D eigenvalue weighted by Crippen LogP contribution is 2.27. The average molecular weight is 377 g/mol. The van der Waals surface area contributed by atoms with E-state index in [9.17, 15) is 8.42 Å². The van der Waals surface area contributed by atoms with Crippen molar-refractivity contribution in [2.75, 3.05) is 7.11 Å². The second kappa shape index (κ2) is 6.21. The predicted octanol–water partition coefficient (Wildman–Crippen LogP) is 2.70. The molecule has 1 N–H and O–H groups in total. The molecular weight excluding hydrogens is 364 g/mol. The van der Waals surface area contributed by atoms with Crippen molar-refractivity contribution in [3.05, 3.63) is 38.8 Å². The fourth-order valence-corrected chi connectivity index (χ4v) is 3.89. The molecule has 0 aliphatic heterocycles. The van der Waals surface area contributed by atoms with E-state index in [1.807, 2.05) is 12.3 Å². The van der Waals surface area contributed by atoms with Gasteiger partial charge in [-0.25, -0.2) is 18.1 Å². The third-order valence-corrected chi connectivity index (χ3v) is 5.38. The Morgan fingerprint density at radius 3 is 2.75 bits per heavy atom. The topological polar surface area (TPSA) is 68.3 Å². The van der Waals surface area contributed by atoms with Crippen LogP contribution in [0, 0.1) is 6.92 Å². The van der Waals surface area contributed by atoms with Crippen molar-refractivity contribution in [2.24, 2.45) is 0 Å². The molecule has 0 fully saturated rings. The van der Waals surface area contributed by atoms with Gasteiger partial charge < -0.3 is 4.74 Å². The summed E-state index contributed by atoms with van der Waals surface area (Å²) in [6.07, 6.45) is 0. The first-order valence-corrected chi connectivity index (χ1v) is 8.82. The summed E-state index contributed by atoms with van der Waals surface area (Å²) in [6, 6.07) is 4.61. The molecular formula is C12H13BrN2O3S2. The molecule has 1 aromatic heterocycles. The number of aromatic nitrogens is 1. The summed E-state index contributed by atoms with van der Waals surface area (Å²) in [5.74, 6) is 0.582. The van der Waals surface area contributed by atoms with Crippen LogP contribution in [0.3, 0.4) is 0 Å². The predicted molar refractivity (Wildman–Crippen MR) is 81.6 cm³/mol. The summed E-state index contributed by atoms with van der Waals surface area (Å²) in [4.78, 5) is 4.39. The average Bonchev–Trinajstić information content (AvgIpc) is 2.82. The van der Waals surface area contributed by atoms with Gasteiger partial charge >= 0.3 is 0 Å². The summed E-state index contributed by atoms with van der Waals surface area (Å²) in [5, 5.41) is 2.74. The van der Waals surface area contributed by atoms with Crippen LogP contribution in [0.15, 0.2) is 32.9 Å². The Balaban J connectivity index is 2.15. The van der Waals surface area contributed by atoms with Crippen LogP contribution in [-0.2, 0) is 16.6 Å². The number of methoxy groups -OCH3 is 1. The van der Waals surface area contributed by atoms with E-state index in [2.05, 4.69) is 25.6 Å². The van der Waals surface area contributed by atoms with E-state index < -0.39 is 10.0 Å². The fourth-order valence-electron chi connectivity index (χ4n) is 1.56. The van der Waals surface area contributed by atoms with Gasteiger partial charge in [-0.1, -0.05) is 0 Å². The highest BCUT2D eigenvalue weighted by atomic mass is 79.9. The van der Waals surface area contributed by atoms with Crippen LogP contribution in [0.2, 0.25) is 0 Å². The molecule has 0 atom stereocenters. The smallest absolute Gasteiger partial charge is 0.240 e. The highest BCUT2D eigenvalue weighted by Gasteiger charge is 2.16. The van der Waals surface area contributed by atoms with Gasteiger partial charge in [-0.3, -0.25) is 0 Å². The van der Waals surface area contributed by atoms with E-state index in [1.54, 1.807) is 6.07 Å². The number of hydrogen-bond donors (Lipinski definition) is 1. The summed E-state index contributed by atoms with van der Waals surface area (Å²) in [5.41, 5.74) is 0.712.